The average molecular weight is 206 g/mol. The molecule has 15 heavy (non-hydrogen) atoms. The van der Waals surface area contributed by atoms with Gasteiger partial charge in [0.1, 0.15) is 5.82 Å². The Bertz CT molecular complexity index is 381. The van der Waals surface area contributed by atoms with E-state index in [-0.39, 0.29) is 0 Å². The van der Waals surface area contributed by atoms with Gasteiger partial charge in [-0.05, 0) is 24.5 Å². The summed E-state index contributed by atoms with van der Waals surface area (Å²) in [4.78, 5) is 4.22. The molecule has 2 aliphatic rings. The van der Waals surface area contributed by atoms with Crippen molar-refractivity contribution >= 4 is 5.82 Å². The highest BCUT2D eigenvalue weighted by atomic mass is 16.5. The van der Waals surface area contributed by atoms with Crippen LogP contribution in [0.3, 0.4) is 0 Å². The third-order valence-corrected chi connectivity index (χ3v) is 3.22. The molecule has 1 aromatic heterocycles. The van der Waals surface area contributed by atoms with Crippen LogP contribution in [0, 0.1) is 5.92 Å². The molecule has 3 heterocycles. The highest BCUT2D eigenvalue weighted by Gasteiger charge is 2.34. The minimum Gasteiger partial charge on any atom is -0.477 e. The summed E-state index contributed by atoms with van der Waals surface area (Å²) >= 11 is 0. The van der Waals surface area contributed by atoms with Crippen molar-refractivity contribution in [2.24, 2.45) is 5.92 Å². The predicted octanol–water partition coefficient (Wildman–Crippen LogP) is 1.18. The Labute approximate surface area is 88.4 Å². The van der Waals surface area contributed by atoms with E-state index in [0.29, 0.717) is 24.3 Å². The van der Waals surface area contributed by atoms with E-state index in [1.54, 1.807) is 0 Å². The lowest BCUT2D eigenvalue weighted by molar-refractivity contribution is 0.00922. The second-order valence-electron chi connectivity index (χ2n) is 4.17. The zero-order chi connectivity index (χ0) is 10.3. The van der Waals surface area contributed by atoms with Crippen LogP contribution >= 0.6 is 0 Å². The molecule has 1 fully saturated rings. The Morgan fingerprint density at radius 2 is 2.27 bits per heavy atom. The van der Waals surface area contributed by atoms with E-state index in [4.69, 9.17) is 15.2 Å². The summed E-state index contributed by atoms with van der Waals surface area (Å²) in [6, 6.07) is 3.89. The molecule has 0 aliphatic carbocycles. The Hall–Kier alpha value is -1.29. The number of rotatable bonds is 0. The van der Waals surface area contributed by atoms with Crippen LogP contribution in [-0.2, 0) is 4.74 Å². The van der Waals surface area contributed by atoms with Crippen molar-refractivity contribution in [1.29, 1.82) is 0 Å². The maximum Gasteiger partial charge on any atom is 0.218 e. The van der Waals surface area contributed by atoms with Crippen molar-refractivity contribution in [2.75, 3.05) is 25.6 Å². The molecule has 0 radical (unpaired) electrons. The molecule has 2 aliphatic heterocycles. The number of fused-ring (bicyclic) bond motifs is 3. The standard InChI is InChI=1S/C11H14N2O2/c12-10-2-1-9-8-3-4-14-5-7(8)6-15-11(9)13-10/h1-2,7-8H,3-6H2,(H2,12,13). The van der Waals surface area contributed by atoms with E-state index in [0.717, 1.165) is 25.5 Å². The Morgan fingerprint density at radius 3 is 3.20 bits per heavy atom. The average Bonchev–Trinajstić information content (AvgIpc) is 2.28. The number of ether oxygens (including phenoxy) is 2. The minimum absolute atomic E-state index is 0.483. The first kappa shape index (κ1) is 8.97. The summed E-state index contributed by atoms with van der Waals surface area (Å²) < 4.78 is 11.1. The highest BCUT2D eigenvalue weighted by molar-refractivity contribution is 5.41. The molecule has 0 bridgehead atoms. The van der Waals surface area contributed by atoms with Crippen molar-refractivity contribution < 1.29 is 9.47 Å². The van der Waals surface area contributed by atoms with Gasteiger partial charge in [0.25, 0.3) is 0 Å². The second kappa shape index (κ2) is 3.38. The monoisotopic (exact) mass is 206 g/mol. The van der Waals surface area contributed by atoms with Crippen molar-refractivity contribution in [3.63, 3.8) is 0 Å². The fourth-order valence-corrected chi connectivity index (χ4v) is 2.42. The van der Waals surface area contributed by atoms with Gasteiger partial charge in [0.05, 0.1) is 13.2 Å². The molecular weight excluding hydrogens is 192 g/mol. The highest BCUT2D eigenvalue weighted by Crippen LogP contribution is 2.40. The summed E-state index contributed by atoms with van der Waals surface area (Å²) in [5.41, 5.74) is 6.83. The quantitative estimate of drug-likeness (QED) is 0.692. The number of anilines is 1. The van der Waals surface area contributed by atoms with Gasteiger partial charge in [-0.2, -0.15) is 4.98 Å². The fourth-order valence-electron chi connectivity index (χ4n) is 2.42. The molecule has 80 valence electrons. The van der Waals surface area contributed by atoms with Crippen LogP contribution in [0.25, 0.3) is 0 Å². The maximum absolute atomic E-state index is 5.63. The zero-order valence-electron chi connectivity index (χ0n) is 8.48. The lowest BCUT2D eigenvalue weighted by Crippen LogP contribution is -2.34. The summed E-state index contributed by atoms with van der Waals surface area (Å²) in [6.45, 7) is 2.34. The van der Waals surface area contributed by atoms with Crippen molar-refractivity contribution in [3.8, 4) is 5.88 Å². The predicted molar refractivity (Wildman–Crippen MR) is 55.8 cm³/mol. The van der Waals surface area contributed by atoms with E-state index < -0.39 is 0 Å². The van der Waals surface area contributed by atoms with Gasteiger partial charge >= 0.3 is 0 Å². The summed E-state index contributed by atoms with van der Waals surface area (Å²) in [6.07, 6.45) is 1.06. The molecule has 4 nitrogen and oxygen atoms in total. The van der Waals surface area contributed by atoms with Crippen LogP contribution in [0.5, 0.6) is 5.88 Å². The maximum atomic E-state index is 5.63. The molecule has 0 spiro atoms. The number of nitrogens with zero attached hydrogens (tertiary/aromatic N) is 1. The Balaban J connectivity index is 1.99. The lowest BCUT2D eigenvalue weighted by Gasteiger charge is -2.36. The third-order valence-electron chi connectivity index (χ3n) is 3.22. The first-order chi connectivity index (χ1) is 7.34. The van der Waals surface area contributed by atoms with Gasteiger partial charge in [0, 0.05) is 18.1 Å². The van der Waals surface area contributed by atoms with Crippen LogP contribution in [0.4, 0.5) is 5.82 Å². The van der Waals surface area contributed by atoms with Gasteiger partial charge in [-0.25, -0.2) is 0 Å². The van der Waals surface area contributed by atoms with Crippen LogP contribution < -0.4 is 10.5 Å². The Morgan fingerprint density at radius 1 is 1.33 bits per heavy atom. The van der Waals surface area contributed by atoms with Crippen LogP contribution in [0.15, 0.2) is 12.1 Å². The molecule has 2 N–H and O–H groups in total. The molecular formula is C11H14N2O2. The number of aromatic nitrogens is 1. The molecule has 1 aromatic rings. The van der Waals surface area contributed by atoms with Crippen LogP contribution in [-0.4, -0.2) is 24.8 Å². The number of hydrogen-bond donors (Lipinski definition) is 1. The third kappa shape index (κ3) is 1.45. The Kier molecular flexibility index (Phi) is 2.02. The van der Waals surface area contributed by atoms with E-state index in [9.17, 15) is 0 Å². The van der Waals surface area contributed by atoms with Crippen molar-refractivity contribution in [1.82, 2.24) is 4.98 Å². The summed E-state index contributed by atoms with van der Waals surface area (Å²) in [5, 5.41) is 0. The molecule has 1 saturated heterocycles. The van der Waals surface area contributed by atoms with E-state index in [1.807, 2.05) is 12.1 Å². The van der Waals surface area contributed by atoms with Gasteiger partial charge in [-0.1, -0.05) is 0 Å². The van der Waals surface area contributed by atoms with Crippen LogP contribution in [0.1, 0.15) is 17.9 Å². The van der Waals surface area contributed by atoms with Crippen molar-refractivity contribution in [3.05, 3.63) is 17.7 Å². The fraction of sp³-hybridized carbons (Fsp3) is 0.545. The SMILES string of the molecule is Nc1ccc2c(n1)OCC1COCCC21. The van der Waals surface area contributed by atoms with E-state index in [1.165, 1.54) is 5.56 Å². The first-order valence-corrected chi connectivity index (χ1v) is 5.31. The lowest BCUT2D eigenvalue weighted by atomic mass is 9.82. The molecule has 0 saturated carbocycles. The number of pyridine rings is 1. The summed E-state index contributed by atoms with van der Waals surface area (Å²) in [5.74, 6) is 2.27. The van der Waals surface area contributed by atoms with Crippen molar-refractivity contribution in [2.45, 2.75) is 12.3 Å². The van der Waals surface area contributed by atoms with Gasteiger partial charge in [0.2, 0.25) is 5.88 Å². The number of nitrogen functional groups attached to an aromatic ring is 1. The molecule has 4 heteroatoms. The number of nitrogens with two attached hydrogens (primary N) is 1. The van der Waals surface area contributed by atoms with E-state index >= 15 is 0 Å². The van der Waals surface area contributed by atoms with E-state index in [2.05, 4.69) is 4.98 Å². The van der Waals surface area contributed by atoms with Gasteiger partial charge < -0.3 is 15.2 Å². The van der Waals surface area contributed by atoms with Crippen LogP contribution in [0.2, 0.25) is 0 Å². The molecule has 0 amide bonds. The molecule has 0 aromatic carbocycles. The molecule has 2 unspecified atom stereocenters. The summed E-state index contributed by atoms with van der Waals surface area (Å²) in [7, 11) is 0. The van der Waals surface area contributed by atoms with Gasteiger partial charge in [-0.15, -0.1) is 0 Å². The second-order valence-corrected chi connectivity index (χ2v) is 4.17. The van der Waals surface area contributed by atoms with Gasteiger partial charge in [0.15, 0.2) is 0 Å². The normalized spacial score (nSPS) is 28.8. The zero-order valence-corrected chi connectivity index (χ0v) is 8.48. The van der Waals surface area contributed by atoms with Gasteiger partial charge in [-0.3, -0.25) is 0 Å². The minimum atomic E-state index is 0.483. The topological polar surface area (TPSA) is 57.4 Å². The number of hydrogen-bond acceptors (Lipinski definition) is 4. The molecule has 2 atom stereocenters. The molecule has 3 rings (SSSR count). The largest absolute Gasteiger partial charge is 0.477 e. The smallest absolute Gasteiger partial charge is 0.218 e. The first-order valence-electron chi connectivity index (χ1n) is 5.31.